The Labute approximate surface area is 140 Å². The minimum absolute atomic E-state index is 0.00234. The second kappa shape index (κ2) is 6.80. The van der Waals surface area contributed by atoms with E-state index in [-0.39, 0.29) is 12.6 Å². The van der Waals surface area contributed by atoms with Gasteiger partial charge in [0, 0.05) is 43.0 Å². The number of rotatable bonds is 6. The van der Waals surface area contributed by atoms with Crippen molar-refractivity contribution in [1.29, 1.82) is 5.41 Å². The van der Waals surface area contributed by atoms with Gasteiger partial charge in [0.15, 0.2) is 0 Å². The molecular weight excluding hydrogens is 302 g/mol. The van der Waals surface area contributed by atoms with E-state index in [2.05, 4.69) is 9.97 Å². The zero-order valence-corrected chi connectivity index (χ0v) is 13.6. The Morgan fingerprint density at radius 3 is 2.75 bits per heavy atom. The predicted molar refractivity (Wildman–Crippen MR) is 96.1 cm³/mol. The molecule has 0 saturated carbocycles. The maximum atomic E-state index is 9.00. The number of aromatic nitrogens is 3. The van der Waals surface area contributed by atoms with Crippen molar-refractivity contribution in [2.45, 2.75) is 25.8 Å². The van der Waals surface area contributed by atoms with E-state index in [9.17, 15) is 0 Å². The SMILES string of the molecule is CC(CC(=N)CCO)n1cc(-c2ccccc2)c2c(N)ncnc21. The molecule has 2 heterocycles. The second-order valence-electron chi connectivity index (χ2n) is 5.90. The highest BCUT2D eigenvalue weighted by atomic mass is 16.3. The third-order valence-corrected chi connectivity index (χ3v) is 4.15. The van der Waals surface area contributed by atoms with E-state index in [0.717, 1.165) is 22.2 Å². The van der Waals surface area contributed by atoms with E-state index >= 15 is 0 Å². The van der Waals surface area contributed by atoms with Crippen molar-refractivity contribution in [2.75, 3.05) is 12.3 Å². The van der Waals surface area contributed by atoms with E-state index < -0.39 is 0 Å². The summed E-state index contributed by atoms with van der Waals surface area (Å²) in [6.45, 7) is 2.04. The number of nitrogen functional groups attached to an aromatic ring is 1. The molecule has 24 heavy (non-hydrogen) atoms. The molecule has 0 amide bonds. The fraction of sp³-hybridized carbons (Fsp3) is 0.278. The summed E-state index contributed by atoms with van der Waals surface area (Å²) in [6.07, 6.45) is 4.45. The number of anilines is 1. The lowest BCUT2D eigenvalue weighted by Gasteiger charge is -2.15. The molecule has 124 valence electrons. The number of aliphatic hydroxyl groups is 1. The van der Waals surface area contributed by atoms with Gasteiger partial charge in [0.1, 0.15) is 17.8 Å². The van der Waals surface area contributed by atoms with Crippen LogP contribution in [-0.4, -0.2) is 32.0 Å². The number of nitrogens with one attached hydrogen (secondary N) is 1. The zero-order chi connectivity index (χ0) is 17.1. The van der Waals surface area contributed by atoms with Gasteiger partial charge in [0.25, 0.3) is 0 Å². The van der Waals surface area contributed by atoms with Crippen molar-refractivity contribution in [2.24, 2.45) is 0 Å². The fourth-order valence-corrected chi connectivity index (χ4v) is 2.97. The van der Waals surface area contributed by atoms with Crippen LogP contribution in [0.3, 0.4) is 0 Å². The molecule has 2 aromatic heterocycles. The van der Waals surface area contributed by atoms with Gasteiger partial charge in [-0.15, -0.1) is 0 Å². The van der Waals surface area contributed by atoms with E-state index in [0.29, 0.717) is 24.4 Å². The van der Waals surface area contributed by atoms with Crippen molar-refractivity contribution in [3.8, 4) is 11.1 Å². The monoisotopic (exact) mass is 323 g/mol. The first-order valence-electron chi connectivity index (χ1n) is 7.95. The van der Waals surface area contributed by atoms with Gasteiger partial charge in [-0.25, -0.2) is 9.97 Å². The van der Waals surface area contributed by atoms with Gasteiger partial charge >= 0.3 is 0 Å². The Bertz CT molecular complexity index is 856. The number of hydrogen-bond donors (Lipinski definition) is 3. The van der Waals surface area contributed by atoms with Gasteiger partial charge < -0.3 is 20.8 Å². The van der Waals surface area contributed by atoms with Gasteiger partial charge in [0.2, 0.25) is 0 Å². The molecule has 0 radical (unpaired) electrons. The van der Waals surface area contributed by atoms with Crippen LogP contribution in [0.5, 0.6) is 0 Å². The Kier molecular flexibility index (Phi) is 4.57. The van der Waals surface area contributed by atoms with Crippen molar-refractivity contribution < 1.29 is 5.11 Å². The van der Waals surface area contributed by atoms with Gasteiger partial charge in [-0.2, -0.15) is 0 Å². The molecule has 1 aromatic carbocycles. The van der Waals surface area contributed by atoms with Crippen molar-refractivity contribution in [3.63, 3.8) is 0 Å². The first kappa shape index (κ1) is 16.1. The number of nitrogens with zero attached hydrogens (tertiary/aromatic N) is 3. The lowest BCUT2D eigenvalue weighted by atomic mass is 10.1. The summed E-state index contributed by atoms with van der Waals surface area (Å²) in [5, 5.41) is 17.8. The molecule has 0 fully saturated rings. The van der Waals surface area contributed by atoms with Crippen LogP contribution in [0, 0.1) is 5.41 Å². The molecule has 3 aromatic rings. The predicted octanol–water partition coefficient (Wildman–Crippen LogP) is 3.03. The van der Waals surface area contributed by atoms with Gasteiger partial charge in [0.05, 0.1) is 5.39 Å². The Morgan fingerprint density at radius 2 is 2.04 bits per heavy atom. The maximum Gasteiger partial charge on any atom is 0.146 e. The van der Waals surface area contributed by atoms with E-state index in [1.165, 1.54) is 6.33 Å². The van der Waals surface area contributed by atoms with Crippen LogP contribution in [0.4, 0.5) is 5.82 Å². The van der Waals surface area contributed by atoms with Crippen LogP contribution in [0.15, 0.2) is 42.9 Å². The minimum atomic E-state index is 0.00234. The highest BCUT2D eigenvalue weighted by molar-refractivity contribution is 6.00. The molecule has 0 aliphatic heterocycles. The third kappa shape index (κ3) is 3.00. The van der Waals surface area contributed by atoms with Gasteiger partial charge in [-0.1, -0.05) is 30.3 Å². The fourth-order valence-electron chi connectivity index (χ4n) is 2.97. The van der Waals surface area contributed by atoms with E-state index in [4.69, 9.17) is 16.2 Å². The van der Waals surface area contributed by atoms with Crippen LogP contribution in [0.25, 0.3) is 22.2 Å². The highest BCUT2D eigenvalue weighted by Gasteiger charge is 2.18. The molecule has 0 aliphatic carbocycles. The molecule has 0 saturated heterocycles. The van der Waals surface area contributed by atoms with E-state index in [1.54, 1.807) is 0 Å². The largest absolute Gasteiger partial charge is 0.396 e. The standard InChI is InChI=1S/C18H21N5O/c1-12(9-14(19)7-8-24)23-10-15(13-5-3-2-4-6-13)16-17(20)21-11-22-18(16)23/h2-6,10-12,19,24H,7-9H2,1H3,(H2,20,21,22). The number of benzene rings is 1. The van der Waals surface area contributed by atoms with Crippen molar-refractivity contribution >= 4 is 22.6 Å². The van der Waals surface area contributed by atoms with Crippen LogP contribution in [-0.2, 0) is 0 Å². The molecule has 6 heteroatoms. The smallest absolute Gasteiger partial charge is 0.146 e. The maximum absolute atomic E-state index is 9.00. The van der Waals surface area contributed by atoms with Crippen LogP contribution in [0.1, 0.15) is 25.8 Å². The lowest BCUT2D eigenvalue weighted by Crippen LogP contribution is -2.11. The zero-order valence-electron chi connectivity index (χ0n) is 13.6. The van der Waals surface area contributed by atoms with Gasteiger partial charge in [-0.05, 0) is 12.5 Å². The summed E-state index contributed by atoms with van der Waals surface area (Å²) >= 11 is 0. The second-order valence-corrected chi connectivity index (χ2v) is 5.90. The van der Waals surface area contributed by atoms with Crippen molar-refractivity contribution in [1.82, 2.24) is 14.5 Å². The highest BCUT2D eigenvalue weighted by Crippen LogP contribution is 2.34. The van der Waals surface area contributed by atoms with Crippen LogP contribution in [0.2, 0.25) is 0 Å². The van der Waals surface area contributed by atoms with E-state index in [1.807, 2.05) is 48.0 Å². The molecule has 1 unspecified atom stereocenters. The summed E-state index contributed by atoms with van der Waals surface area (Å²) in [5.74, 6) is 0.454. The summed E-state index contributed by atoms with van der Waals surface area (Å²) in [4.78, 5) is 8.55. The Balaban J connectivity index is 2.10. The third-order valence-electron chi connectivity index (χ3n) is 4.15. The molecule has 3 rings (SSSR count). The number of fused-ring (bicyclic) bond motifs is 1. The van der Waals surface area contributed by atoms with Crippen molar-refractivity contribution in [3.05, 3.63) is 42.9 Å². The summed E-state index contributed by atoms with van der Waals surface area (Å²) in [6, 6.07) is 10.0. The Hall–Kier alpha value is -2.73. The summed E-state index contributed by atoms with van der Waals surface area (Å²) in [7, 11) is 0. The normalized spacial score (nSPS) is 12.4. The molecule has 4 N–H and O–H groups in total. The first-order valence-corrected chi connectivity index (χ1v) is 7.95. The van der Waals surface area contributed by atoms with Gasteiger partial charge in [-0.3, -0.25) is 0 Å². The lowest BCUT2D eigenvalue weighted by molar-refractivity contribution is 0.305. The summed E-state index contributed by atoms with van der Waals surface area (Å²) < 4.78 is 2.04. The van der Waals surface area contributed by atoms with Crippen LogP contribution < -0.4 is 5.73 Å². The number of aliphatic hydroxyl groups excluding tert-OH is 1. The number of hydrogen-bond acceptors (Lipinski definition) is 5. The first-order chi connectivity index (χ1) is 11.6. The Morgan fingerprint density at radius 1 is 1.29 bits per heavy atom. The average Bonchev–Trinajstić information content (AvgIpc) is 2.97. The topological polar surface area (TPSA) is 101 Å². The molecule has 6 nitrogen and oxygen atoms in total. The number of nitrogens with two attached hydrogens (primary N) is 1. The van der Waals surface area contributed by atoms with Crippen LogP contribution >= 0.6 is 0 Å². The minimum Gasteiger partial charge on any atom is -0.396 e. The molecule has 0 aliphatic rings. The molecule has 1 atom stereocenters. The molecule has 0 bridgehead atoms. The quantitative estimate of drug-likeness (QED) is 0.607. The molecule has 0 spiro atoms. The summed E-state index contributed by atoms with van der Waals surface area (Å²) in [5.41, 5.74) is 9.46. The average molecular weight is 323 g/mol. The molecular formula is C18H21N5O.